The Morgan fingerprint density at radius 1 is 0.545 bits per heavy atom. The lowest BCUT2D eigenvalue weighted by molar-refractivity contribution is -0.216. The third-order valence-corrected chi connectivity index (χ3v) is 13.4. The monoisotopic (exact) mass is 985 g/mol. The van der Waals surface area contributed by atoms with Crippen molar-refractivity contribution in [2.45, 2.75) is 249 Å². The van der Waals surface area contributed by atoms with Crippen LogP contribution in [0.5, 0.6) is 0 Å². The van der Waals surface area contributed by atoms with Gasteiger partial charge >= 0.3 is 27.6 Å². The lowest BCUT2D eigenvalue weighted by atomic mass is 9.85. The first-order valence-electron chi connectivity index (χ1n) is 25.0. The molecule has 0 amide bonds. The number of carbonyl (C=O) groups excluding carboxylic acids is 2. The van der Waals surface area contributed by atoms with E-state index in [0.717, 1.165) is 96.3 Å². The predicted molar refractivity (Wildman–Crippen MR) is 250 cm³/mol. The number of ether oxygens (including phenoxy) is 3. The Bertz CT molecular complexity index is 1440. The van der Waals surface area contributed by atoms with Crippen molar-refractivity contribution in [2.24, 2.45) is 0 Å². The van der Waals surface area contributed by atoms with Gasteiger partial charge < -0.3 is 49.3 Å². The van der Waals surface area contributed by atoms with Gasteiger partial charge in [0, 0.05) is 12.8 Å². The van der Waals surface area contributed by atoms with E-state index in [2.05, 4.69) is 42.7 Å². The fourth-order valence-electron chi connectivity index (χ4n) is 7.91. The van der Waals surface area contributed by atoms with Crippen molar-refractivity contribution in [3.63, 3.8) is 0 Å². The van der Waals surface area contributed by atoms with Crippen LogP contribution in [-0.4, -0.2) is 115 Å². The fraction of sp³-hybridized carbons (Fsp3) is 0.872. The summed E-state index contributed by atoms with van der Waals surface area (Å²) in [4.78, 5) is 54.4. The number of hydrogen-bond acceptors (Lipinski definition) is 14. The molecule has 1 heterocycles. The Balaban J connectivity index is 1.77. The van der Waals surface area contributed by atoms with Crippen molar-refractivity contribution in [2.75, 3.05) is 13.2 Å². The highest BCUT2D eigenvalue weighted by Gasteiger charge is 2.54. The third kappa shape index (κ3) is 28.8. The largest absolute Gasteiger partial charge is 0.472 e. The maximum atomic E-state index is 13.0. The highest BCUT2D eigenvalue weighted by molar-refractivity contribution is 7.47. The maximum absolute atomic E-state index is 13.0. The van der Waals surface area contributed by atoms with Crippen LogP contribution in [-0.2, 0) is 46.5 Å². The number of phosphoric ester groups is 2. The van der Waals surface area contributed by atoms with Crippen molar-refractivity contribution in [1.29, 1.82) is 0 Å². The molecular weight excluding hydrogens is 898 g/mol. The lowest BCUT2D eigenvalue weighted by Gasteiger charge is -2.43. The molecular formula is C47H86O17P2. The number of allylic oxidation sites excluding steroid dienone is 3. The van der Waals surface area contributed by atoms with E-state index in [-0.39, 0.29) is 12.8 Å². The molecule has 0 bridgehead atoms. The van der Waals surface area contributed by atoms with Crippen LogP contribution < -0.4 is 0 Å². The highest BCUT2D eigenvalue weighted by atomic mass is 31.2. The number of carbonyl (C=O) groups is 2. The van der Waals surface area contributed by atoms with Gasteiger partial charge in [-0.2, -0.15) is 0 Å². The summed E-state index contributed by atoms with van der Waals surface area (Å²) in [5, 5.41) is 41.3. The van der Waals surface area contributed by atoms with Crippen molar-refractivity contribution in [3.05, 3.63) is 24.3 Å². The van der Waals surface area contributed by atoms with Gasteiger partial charge in [-0.15, -0.1) is 0 Å². The minimum atomic E-state index is -5.37. The molecule has 0 spiro atoms. The van der Waals surface area contributed by atoms with E-state index < -0.39 is 83.5 Å². The van der Waals surface area contributed by atoms with Gasteiger partial charge in [0.25, 0.3) is 0 Å². The van der Waals surface area contributed by atoms with Gasteiger partial charge in [0.15, 0.2) is 6.10 Å². The summed E-state index contributed by atoms with van der Waals surface area (Å²) in [5.41, 5.74) is 0. The van der Waals surface area contributed by atoms with E-state index in [1.807, 2.05) is 0 Å². The molecule has 0 radical (unpaired) electrons. The van der Waals surface area contributed by atoms with Crippen molar-refractivity contribution < 1.29 is 81.6 Å². The van der Waals surface area contributed by atoms with Crippen LogP contribution in [0.4, 0.5) is 0 Å². The maximum Gasteiger partial charge on any atom is 0.472 e. The first-order valence-corrected chi connectivity index (χ1v) is 28.0. The standard InChI is InChI=1S/C47H86O17P2/c1-3-5-7-8-9-10-11-12-13-14-15-16-17-18-22-25-29-33-40(48)59-35-37(36-60-66(57,58)64-47-44(52)42(50)43(51)46(45(47)53)63-65(54,55)56)61-41(49)34-30-26-23-20-19-21-24-28-32-39-38(62-39)31-27-6-4-2/h12-13,24,28,37-39,42-47,50-53H,3-11,14-23,25-27,29-36H2,1-2H3,(H,57,58)(H2,54,55,56)/b13-12-,28-24-/t37-,38?,39?,42?,43?,44?,45?,46-,47+/m1/s1. The van der Waals surface area contributed by atoms with Crippen LogP contribution in [0.15, 0.2) is 24.3 Å². The predicted octanol–water partition coefficient (Wildman–Crippen LogP) is 8.72. The first kappa shape index (κ1) is 60.6. The zero-order chi connectivity index (χ0) is 48.6. The Kier molecular flexibility index (Phi) is 32.6. The molecule has 0 aromatic carbocycles. The number of aliphatic hydroxyl groups excluding tert-OH is 4. The number of hydrogen-bond donors (Lipinski definition) is 7. The molecule has 1 aliphatic carbocycles. The van der Waals surface area contributed by atoms with Gasteiger partial charge in [0.05, 0.1) is 18.8 Å². The van der Waals surface area contributed by atoms with Crippen molar-refractivity contribution >= 4 is 27.6 Å². The molecule has 66 heavy (non-hydrogen) atoms. The molecule has 386 valence electrons. The van der Waals surface area contributed by atoms with Crippen LogP contribution in [0.2, 0.25) is 0 Å². The van der Waals surface area contributed by atoms with E-state index in [9.17, 15) is 53.8 Å². The second-order valence-corrected chi connectivity index (χ2v) is 20.5. The quantitative estimate of drug-likeness (QED) is 0.00992. The Labute approximate surface area is 394 Å². The summed E-state index contributed by atoms with van der Waals surface area (Å²) >= 11 is 0. The molecule has 1 saturated carbocycles. The van der Waals surface area contributed by atoms with Gasteiger partial charge in [-0.1, -0.05) is 141 Å². The smallest absolute Gasteiger partial charge is 0.462 e. The molecule has 10 atom stereocenters. The molecule has 7 unspecified atom stereocenters. The van der Waals surface area contributed by atoms with Crippen molar-refractivity contribution in [3.8, 4) is 0 Å². The summed E-state index contributed by atoms with van der Waals surface area (Å²) in [7, 11) is -10.7. The summed E-state index contributed by atoms with van der Waals surface area (Å²) in [5.74, 6) is -1.23. The van der Waals surface area contributed by atoms with E-state index in [1.165, 1.54) is 57.8 Å². The molecule has 7 N–H and O–H groups in total. The topological polar surface area (TPSA) is 269 Å². The van der Waals surface area contributed by atoms with Gasteiger partial charge in [-0.25, -0.2) is 9.13 Å². The SMILES string of the molecule is CCCCCCCC/C=C\CCCCCCCCCC(=O)OC[C@H](COP(=O)(O)O[C@H]1C(O)C(O)C(O)[C@@H](OP(=O)(O)O)C1O)OC(=O)CCCCCCC/C=C\CC1OC1CCCCC. The molecule has 0 aromatic rings. The van der Waals surface area contributed by atoms with Gasteiger partial charge in [0.1, 0.15) is 43.2 Å². The molecule has 1 aliphatic heterocycles. The Morgan fingerprint density at radius 3 is 1.56 bits per heavy atom. The average molecular weight is 985 g/mol. The summed E-state index contributed by atoms with van der Waals surface area (Å²) in [6.45, 7) is 3.07. The minimum absolute atomic E-state index is 0.0238. The second kappa shape index (κ2) is 35.5. The molecule has 2 aliphatic rings. The number of epoxide rings is 1. The van der Waals surface area contributed by atoms with Gasteiger partial charge in [0.2, 0.25) is 0 Å². The average Bonchev–Trinajstić information content (AvgIpc) is 4.03. The normalized spacial score (nSPS) is 24.7. The molecule has 2 rings (SSSR count). The van der Waals surface area contributed by atoms with E-state index >= 15 is 0 Å². The molecule has 0 aromatic heterocycles. The summed E-state index contributed by atoms with van der Waals surface area (Å²) in [6.07, 6.45) is 23.0. The number of rotatable bonds is 41. The number of phosphoric acid groups is 2. The first-order chi connectivity index (χ1) is 31.6. The highest BCUT2D eigenvalue weighted by Crippen LogP contribution is 2.49. The summed E-state index contributed by atoms with van der Waals surface area (Å²) < 4.78 is 55.2. The zero-order valence-electron chi connectivity index (χ0n) is 39.8. The van der Waals surface area contributed by atoms with Crippen LogP contribution in [0.1, 0.15) is 194 Å². The zero-order valence-corrected chi connectivity index (χ0v) is 41.6. The van der Waals surface area contributed by atoms with E-state index in [0.29, 0.717) is 25.0 Å². The van der Waals surface area contributed by atoms with Crippen molar-refractivity contribution in [1.82, 2.24) is 0 Å². The van der Waals surface area contributed by atoms with E-state index in [1.54, 1.807) is 0 Å². The van der Waals surface area contributed by atoms with Crippen LogP contribution >= 0.6 is 15.6 Å². The molecule has 1 saturated heterocycles. The molecule has 19 heteroatoms. The number of aliphatic hydroxyl groups is 4. The Hall–Kier alpha value is -1.56. The molecule has 2 fully saturated rings. The third-order valence-electron chi connectivity index (χ3n) is 11.9. The minimum Gasteiger partial charge on any atom is -0.462 e. The number of esters is 2. The Morgan fingerprint density at radius 2 is 1.02 bits per heavy atom. The number of unbranched alkanes of at least 4 members (excludes halogenated alkanes) is 20. The van der Waals surface area contributed by atoms with E-state index in [4.69, 9.17) is 23.3 Å². The van der Waals surface area contributed by atoms with Crippen LogP contribution in [0, 0.1) is 0 Å². The van der Waals surface area contributed by atoms with Crippen LogP contribution in [0.3, 0.4) is 0 Å². The summed E-state index contributed by atoms with van der Waals surface area (Å²) in [6, 6.07) is 0. The second-order valence-electron chi connectivity index (χ2n) is 17.9. The molecule has 17 nitrogen and oxygen atoms in total. The van der Waals surface area contributed by atoms with Gasteiger partial charge in [-0.3, -0.25) is 23.2 Å². The van der Waals surface area contributed by atoms with Crippen LogP contribution in [0.25, 0.3) is 0 Å². The fourth-order valence-corrected chi connectivity index (χ4v) is 9.45. The van der Waals surface area contributed by atoms with Gasteiger partial charge in [-0.05, 0) is 64.2 Å². The lowest BCUT2D eigenvalue weighted by Crippen LogP contribution is -2.64.